The van der Waals surface area contributed by atoms with Gasteiger partial charge in [-0.05, 0) is 61.9 Å². The molecule has 1 aliphatic rings. The molecule has 1 aromatic rings. The molecule has 0 radical (unpaired) electrons. The summed E-state index contributed by atoms with van der Waals surface area (Å²) in [4.78, 5) is 0. The molecule has 0 saturated heterocycles. The van der Waals surface area contributed by atoms with Gasteiger partial charge >= 0.3 is 0 Å². The van der Waals surface area contributed by atoms with Gasteiger partial charge in [0.15, 0.2) is 0 Å². The molecule has 2 rings (SSSR count). The van der Waals surface area contributed by atoms with E-state index in [4.69, 9.17) is 4.74 Å². The molecule has 0 aromatic heterocycles. The molecule has 3 nitrogen and oxygen atoms in total. The van der Waals surface area contributed by atoms with Gasteiger partial charge in [-0.3, -0.25) is 0 Å². The number of ether oxygens (including phenoxy) is 1. The fourth-order valence-corrected chi connectivity index (χ4v) is 2.88. The Bertz CT molecular complexity index is 448. The van der Waals surface area contributed by atoms with E-state index in [9.17, 15) is 5.11 Å². The van der Waals surface area contributed by atoms with Crippen LogP contribution < -0.4 is 10.1 Å². The topological polar surface area (TPSA) is 41.5 Å². The van der Waals surface area contributed by atoms with Gasteiger partial charge in [0, 0.05) is 0 Å². The summed E-state index contributed by atoms with van der Waals surface area (Å²) in [5.74, 6) is 1.96. The molecular weight excluding hydrogens is 250 g/mol. The van der Waals surface area contributed by atoms with Crippen LogP contribution in [0.4, 0.5) is 0 Å². The van der Waals surface area contributed by atoms with Gasteiger partial charge in [0.25, 0.3) is 0 Å². The summed E-state index contributed by atoms with van der Waals surface area (Å²) in [7, 11) is 1.91. The van der Waals surface area contributed by atoms with E-state index in [-0.39, 0.29) is 12.1 Å². The van der Waals surface area contributed by atoms with E-state index >= 15 is 0 Å². The highest BCUT2D eigenvalue weighted by Crippen LogP contribution is 2.39. The number of aryl methyl sites for hydroxylation is 1. The first kappa shape index (κ1) is 15.3. The summed E-state index contributed by atoms with van der Waals surface area (Å²) >= 11 is 0. The van der Waals surface area contributed by atoms with Gasteiger partial charge in [-0.1, -0.05) is 19.9 Å². The number of hydrogen-bond donors (Lipinski definition) is 2. The second-order valence-electron chi connectivity index (χ2n) is 6.30. The maximum atomic E-state index is 9.69. The van der Waals surface area contributed by atoms with Crippen LogP contribution in [0.15, 0.2) is 18.2 Å². The summed E-state index contributed by atoms with van der Waals surface area (Å²) in [5, 5.41) is 13.0. The average Bonchev–Trinajstić information content (AvgIpc) is 3.25. The number of benzene rings is 1. The van der Waals surface area contributed by atoms with E-state index in [0.717, 1.165) is 5.75 Å². The highest BCUT2D eigenvalue weighted by Gasteiger charge is 2.44. The second-order valence-corrected chi connectivity index (χ2v) is 6.30. The number of aliphatic hydroxyl groups is 1. The summed E-state index contributed by atoms with van der Waals surface area (Å²) in [6.07, 6.45) is 2.35. The second kappa shape index (κ2) is 6.15. The largest absolute Gasteiger partial charge is 0.492 e. The van der Waals surface area contributed by atoms with E-state index in [1.807, 2.05) is 13.1 Å². The van der Waals surface area contributed by atoms with Crippen LogP contribution >= 0.6 is 0 Å². The highest BCUT2D eigenvalue weighted by atomic mass is 16.5. The number of nitrogens with one attached hydrogen (secondary N) is 1. The molecule has 1 unspecified atom stereocenters. The van der Waals surface area contributed by atoms with Crippen molar-refractivity contribution in [2.45, 2.75) is 45.1 Å². The molecule has 112 valence electrons. The Balaban J connectivity index is 2.05. The first-order valence-electron chi connectivity index (χ1n) is 7.55. The number of hydrogen-bond acceptors (Lipinski definition) is 3. The van der Waals surface area contributed by atoms with E-state index in [1.54, 1.807) is 0 Å². The molecule has 20 heavy (non-hydrogen) atoms. The normalized spacial score (nSPS) is 18.1. The molecule has 0 spiro atoms. The predicted molar refractivity (Wildman–Crippen MR) is 82.4 cm³/mol. The zero-order valence-electron chi connectivity index (χ0n) is 13.1. The van der Waals surface area contributed by atoms with Crippen LogP contribution in [-0.2, 0) is 0 Å². The van der Waals surface area contributed by atoms with Crippen molar-refractivity contribution in [3.05, 3.63) is 29.3 Å². The number of aliphatic hydroxyl groups excluding tert-OH is 1. The molecule has 1 fully saturated rings. The lowest BCUT2D eigenvalue weighted by Gasteiger charge is -2.31. The monoisotopic (exact) mass is 277 g/mol. The SMILES string of the molecule is CNC(CO)(COc1ccc(C(C)C)c(C)c1)C1CC1. The third-order valence-electron chi connectivity index (χ3n) is 4.50. The number of likely N-dealkylation sites (N-methyl/N-ethyl adjacent to an activating group) is 1. The van der Waals surface area contributed by atoms with Crippen LogP contribution in [-0.4, -0.2) is 30.9 Å². The first-order chi connectivity index (χ1) is 9.52. The zero-order valence-corrected chi connectivity index (χ0v) is 13.1. The predicted octanol–water partition coefficient (Wildman–Crippen LogP) is 2.86. The highest BCUT2D eigenvalue weighted by molar-refractivity contribution is 5.36. The minimum Gasteiger partial charge on any atom is -0.492 e. The van der Waals surface area contributed by atoms with Gasteiger partial charge in [0.05, 0.1) is 12.1 Å². The van der Waals surface area contributed by atoms with E-state index in [1.165, 1.54) is 24.0 Å². The first-order valence-corrected chi connectivity index (χ1v) is 7.55. The van der Waals surface area contributed by atoms with Crippen LogP contribution in [0.25, 0.3) is 0 Å². The van der Waals surface area contributed by atoms with Crippen molar-refractivity contribution in [1.82, 2.24) is 5.32 Å². The van der Waals surface area contributed by atoms with Crippen LogP contribution in [0.2, 0.25) is 0 Å². The molecular formula is C17H27NO2. The van der Waals surface area contributed by atoms with E-state index in [0.29, 0.717) is 18.4 Å². The van der Waals surface area contributed by atoms with Gasteiger partial charge in [0.1, 0.15) is 12.4 Å². The standard InChI is InChI=1S/C17H27NO2/c1-12(2)16-8-7-15(9-13(16)3)20-11-17(10-19,18-4)14-5-6-14/h7-9,12,14,18-19H,5-6,10-11H2,1-4H3. The summed E-state index contributed by atoms with van der Waals surface area (Å²) in [6, 6.07) is 6.28. The summed E-state index contributed by atoms with van der Waals surface area (Å²) in [5.41, 5.74) is 2.34. The third kappa shape index (κ3) is 3.15. The van der Waals surface area contributed by atoms with Crippen molar-refractivity contribution in [1.29, 1.82) is 0 Å². The summed E-state index contributed by atoms with van der Waals surface area (Å²) < 4.78 is 5.95. The van der Waals surface area contributed by atoms with Gasteiger partial charge in [0.2, 0.25) is 0 Å². The van der Waals surface area contributed by atoms with Crippen molar-refractivity contribution in [2.75, 3.05) is 20.3 Å². The molecule has 1 aliphatic carbocycles. The summed E-state index contributed by atoms with van der Waals surface area (Å²) in [6.45, 7) is 7.17. The van der Waals surface area contributed by atoms with Gasteiger partial charge in [-0.25, -0.2) is 0 Å². The maximum Gasteiger partial charge on any atom is 0.119 e. The van der Waals surface area contributed by atoms with Crippen molar-refractivity contribution in [3.8, 4) is 5.75 Å². The molecule has 3 heteroatoms. The maximum absolute atomic E-state index is 9.69. The Hall–Kier alpha value is -1.06. The van der Waals surface area contributed by atoms with Crippen LogP contribution in [0, 0.1) is 12.8 Å². The molecule has 0 bridgehead atoms. The van der Waals surface area contributed by atoms with Crippen molar-refractivity contribution >= 4 is 0 Å². The molecule has 0 heterocycles. The number of rotatable bonds is 7. The molecule has 0 aliphatic heterocycles. The lowest BCUT2D eigenvalue weighted by molar-refractivity contribution is 0.0914. The van der Waals surface area contributed by atoms with Gasteiger partial charge in [-0.15, -0.1) is 0 Å². The fraction of sp³-hybridized carbons (Fsp3) is 0.647. The molecule has 1 saturated carbocycles. The Morgan fingerprint density at radius 2 is 2.10 bits per heavy atom. The lowest BCUT2D eigenvalue weighted by Crippen LogP contribution is -2.53. The Labute approximate surface area is 122 Å². The Morgan fingerprint density at radius 1 is 1.40 bits per heavy atom. The van der Waals surface area contributed by atoms with E-state index in [2.05, 4.69) is 38.2 Å². The zero-order chi connectivity index (χ0) is 14.8. The van der Waals surface area contributed by atoms with Crippen molar-refractivity contribution in [3.63, 3.8) is 0 Å². The molecule has 0 amide bonds. The molecule has 1 aromatic carbocycles. The quantitative estimate of drug-likeness (QED) is 0.805. The third-order valence-corrected chi connectivity index (χ3v) is 4.50. The Kier molecular flexibility index (Phi) is 4.71. The molecule has 1 atom stereocenters. The average molecular weight is 277 g/mol. The minimum atomic E-state index is -0.287. The van der Waals surface area contributed by atoms with Crippen LogP contribution in [0.5, 0.6) is 5.75 Å². The van der Waals surface area contributed by atoms with Crippen LogP contribution in [0.1, 0.15) is 43.7 Å². The van der Waals surface area contributed by atoms with Crippen LogP contribution in [0.3, 0.4) is 0 Å². The fourth-order valence-electron chi connectivity index (χ4n) is 2.88. The minimum absolute atomic E-state index is 0.122. The van der Waals surface area contributed by atoms with Crippen molar-refractivity contribution < 1.29 is 9.84 Å². The lowest BCUT2D eigenvalue weighted by atomic mass is 9.95. The molecule has 2 N–H and O–H groups in total. The van der Waals surface area contributed by atoms with Crippen molar-refractivity contribution in [2.24, 2.45) is 5.92 Å². The van der Waals surface area contributed by atoms with E-state index < -0.39 is 0 Å². The Morgan fingerprint density at radius 3 is 2.55 bits per heavy atom. The smallest absolute Gasteiger partial charge is 0.119 e. The van der Waals surface area contributed by atoms with Gasteiger partial charge < -0.3 is 15.2 Å². The van der Waals surface area contributed by atoms with Gasteiger partial charge in [-0.2, -0.15) is 0 Å².